The van der Waals surface area contributed by atoms with Crippen molar-refractivity contribution in [2.45, 2.75) is 0 Å². The van der Waals surface area contributed by atoms with E-state index >= 15 is 0 Å². The molecule has 2 aromatic rings. The molecule has 13 heavy (non-hydrogen) atoms. The van der Waals surface area contributed by atoms with Crippen LogP contribution < -0.4 is 11.5 Å². The van der Waals surface area contributed by atoms with Crippen molar-refractivity contribution in [2.75, 3.05) is 11.5 Å². The van der Waals surface area contributed by atoms with E-state index in [0.29, 0.717) is 11.5 Å². The fourth-order valence-electron chi connectivity index (χ4n) is 0.965. The van der Waals surface area contributed by atoms with E-state index in [1.807, 2.05) is 0 Å². The second-order valence-corrected chi connectivity index (χ2v) is 3.35. The van der Waals surface area contributed by atoms with E-state index in [1.54, 1.807) is 12.3 Å². The van der Waals surface area contributed by atoms with Crippen LogP contribution in [0.25, 0.3) is 11.0 Å². The lowest BCUT2D eigenvalue weighted by atomic mass is 10.3. The van der Waals surface area contributed by atoms with Gasteiger partial charge in [-0.1, -0.05) is 0 Å². The maximum Gasteiger partial charge on any atom is 0.222 e. The van der Waals surface area contributed by atoms with Gasteiger partial charge in [-0.3, -0.25) is 0 Å². The Balaban J connectivity index is 2.81. The Morgan fingerprint density at radius 1 is 1.23 bits per heavy atom. The molecule has 5 nitrogen and oxygen atoms in total. The summed E-state index contributed by atoms with van der Waals surface area (Å²) in [5.74, 6) is 0.590. The molecule has 0 aromatic carbocycles. The molecule has 0 aliphatic carbocycles. The van der Waals surface area contributed by atoms with Crippen molar-refractivity contribution < 1.29 is 0 Å². The highest BCUT2D eigenvalue weighted by Crippen LogP contribution is 2.21. The minimum Gasteiger partial charge on any atom is -0.383 e. The molecule has 2 heterocycles. The van der Waals surface area contributed by atoms with Crippen LogP contribution in [0, 0.1) is 0 Å². The summed E-state index contributed by atoms with van der Waals surface area (Å²) in [4.78, 5) is 11.8. The van der Waals surface area contributed by atoms with Gasteiger partial charge in [-0.05, 0) is 22.0 Å². The third kappa shape index (κ3) is 1.40. The van der Waals surface area contributed by atoms with Crippen LogP contribution in [0.1, 0.15) is 0 Å². The molecule has 6 heteroatoms. The Morgan fingerprint density at radius 3 is 2.77 bits per heavy atom. The van der Waals surface area contributed by atoms with Crippen LogP contribution in [0.3, 0.4) is 0 Å². The minimum atomic E-state index is 0.196. The Bertz CT molecular complexity index is 470. The highest BCUT2D eigenvalue weighted by atomic mass is 79.9. The van der Waals surface area contributed by atoms with E-state index in [2.05, 4.69) is 30.9 Å². The first-order chi connectivity index (χ1) is 6.16. The van der Waals surface area contributed by atoms with Crippen LogP contribution in [0.15, 0.2) is 16.7 Å². The van der Waals surface area contributed by atoms with Gasteiger partial charge < -0.3 is 11.5 Å². The summed E-state index contributed by atoms with van der Waals surface area (Å²) in [6.07, 6.45) is 1.61. The SMILES string of the molecule is Nc1ncc2cc(Br)c(N)nc2n1. The summed E-state index contributed by atoms with van der Waals surface area (Å²) in [6, 6.07) is 1.80. The van der Waals surface area contributed by atoms with Crippen molar-refractivity contribution in [1.82, 2.24) is 15.0 Å². The number of nitrogens with two attached hydrogens (primary N) is 2. The van der Waals surface area contributed by atoms with Crippen molar-refractivity contribution >= 4 is 38.7 Å². The number of hydrogen-bond acceptors (Lipinski definition) is 5. The molecule has 0 aliphatic rings. The molecule has 0 bridgehead atoms. The van der Waals surface area contributed by atoms with Gasteiger partial charge in [0.25, 0.3) is 0 Å². The summed E-state index contributed by atoms with van der Waals surface area (Å²) in [7, 11) is 0. The Kier molecular flexibility index (Phi) is 1.77. The smallest absolute Gasteiger partial charge is 0.222 e. The highest BCUT2D eigenvalue weighted by molar-refractivity contribution is 9.10. The maximum absolute atomic E-state index is 5.58. The van der Waals surface area contributed by atoms with E-state index < -0.39 is 0 Å². The van der Waals surface area contributed by atoms with E-state index in [9.17, 15) is 0 Å². The molecule has 0 saturated heterocycles. The standard InChI is InChI=1S/C7H6BrN5/c8-4-1-3-2-11-7(10)13-6(3)12-5(4)9/h1-2H,(H4,9,10,11,12,13). The number of rotatable bonds is 0. The predicted octanol–water partition coefficient (Wildman–Crippen LogP) is 0.952. The second-order valence-electron chi connectivity index (χ2n) is 2.50. The third-order valence-corrected chi connectivity index (χ3v) is 2.20. The van der Waals surface area contributed by atoms with E-state index in [1.165, 1.54) is 0 Å². The van der Waals surface area contributed by atoms with Gasteiger partial charge in [0.1, 0.15) is 5.82 Å². The highest BCUT2D eigenvalue weighted by Gasteiger charge is 2.02. The summed E-state index contributed by atoms with van der Waals surface area (Å²) >= 11 is 3.26. The molecule has 0 fully saturated rings. The lowest BCUT2D eigenvalue weighted by Crippen LogP contribution is -1.98. The zero-order chi connectivity index (χ0) is 9.42. The van der Waals surface area contributed by atoms with Crippen molar-refractivity contribution in [2.24, 2.45) is 0 Å². The van der Waals surface area contributed by atoms with Crippen LogP contribution in [-0.4, -0.2) is 15.0 Å². The maximum atomic E-state index is 5.58. The normalized spacial score (nSPS) is 10.5. The molecular formula is C7H6BrN5. The molecular weight excluding hydrogens is 234 g/mol. The number of nitrogens with zero attached hydrogens (tertiary/aromatic N) is 3. The molecule has 0 saturated carbocycles. The number of nitrogen functional groups attached to an aromatic ring is 2. The molecule has 4 N–H and O–H groups in total. The molecule has 0 atom stereocenters. The summed E-state index contributed by atoms with van der Waals surface area (Å²) in [5, 5.41) is 0.801. The number of hydrogen-bond donors (Lipinski definition) is 2. The molecule has 0 spiro atoms. The molecule has 66 valence electrons. The number of pyridine rings is 1. The topological polar surface area (TPSA) is 90.7 Å². The van der Waals surface area contributed by atoms with Gasteiger partial charge in [0.15, 0.2) is 5.65 Å². The summed E-state index contributed by atoms with van der Waals surface area (Å²) in [6.45, 7) is 0. The van der Waals surface area contributed by atoms with Crippen molar-refractivity contribution in [1.29, 1.82) is 0 Å². The predicted molar refractivity (Wildman–Crippen MR) is 53.9 cm³/mol. The molecule has 0 aliphatic heterocycles. The Morgan fingerprint density at radius 2 is 2.00 bits per heavy atom. The lowest BCUT2D eigenvalue weighted by molar-refractivity contribution is 1.20. The van der Waals surface area contributed by atoms with Crippen LogP contribution in [0.2, 0.25) is 0 Å². The third-order valence-electron chi connectivity index (χ3n) is 1.57. The van der Waals surface area contributed by atoms with Crippen LogP contribution in [-0.2, 0) is 0 Å². The fourth-order valence-corrected chi connectivity index (χ4v) is 1.30. The van der Waals surface area contributed by atoms with Gasteiger partial charge in [0.05, 0.1) is 4.47 Å². The van der Waals surface area contributed by atoms with Gasteiger partial charge >= 0.3 is 0 Å². The van der Waals surface area contributed by atoms with Crippen molar-refractivity contribution in [3.05, 3.63) is 16.7 Å². The summed E-state index contributed by atoms with van der Waals surface area (Å²) < 4.78 is 0.730. The number of anilines is 2. The Hall–Kier alpha value is -1.43. The second kappa shape index (κ2) is 2.81. The first-order valence-electron chi connectivity index (χ1n) is 3.51. The number of aromatic nitrogens is 3. The molecule has 0 unspecified atom stereocenters. The van der Waals surface area contributed by atoms with Gasteiger partial charge in [-0.25, -0.2) is 9.97 Å². The number of halogens is 1. The van der Waals surface area contributed by atoms with Crippen LogP contribution in [0.4, 0.5) is 11.8 Å². The van der Waals surface area contributed by atoms with Gasteiger partial charge in [-0.2, -0.15) is 4.98 Å². The van der Waals surface area contributed by atoms with E-state index in [0.717, 1.165) is 9.86 Å². The first-order valence-corrected chi connectivity index (χ1v) is 4.30. The van der Waals surface area contributed by atoms with Crippen LogP contribution >= 0.6 is 15.9 Å². The molecule has 2 aromatic heterocycles. The van der Waals surface area contributed by atoms with Gasteiger partial charge in [0, 0.05) is 11.6 Å². The fraction of sp³-hybridized carbons (Fsp3) is 0. The van der Waals surface area contributed by atoms with Gasteiger partial charge in [-0.15, -0.1) is 0 Å². The molecule has 0 radical (unpaired) electrons. The first kappa shape index (κ1) is 8.18. The minimum absolute atomic E-state index is 0.196. The number of fused-ring (bicyclic) bond motifs is 1. The van der Waals surface area contributed by atoms with E-state index in [4.69, 9.17) is 11.5 Å². The van der Waals surface area contributed by atoms with Gasteiger partial charge in [0.2, 0.25) is 5.95 Å². The monoisotopic (exact) mass is 239 g/mol. The lowest BCUT2D eigenvalue weighted by Gasteiger charge is -2.00. The van der Waals surface area contributed by atoms with Crippen LogP contribution in [0.5, 0.6) is 0 Å². The molecule has 2 rings (SSSR count). The molecule has 0 amide bonds. The average Bonchev–Trinajstić information content (AvgIpc) is 2.08. The zero-order valence-corrected chi connectivity index (χ0v) is 8.12. The summed E-state index contributed by atoms with van der Waals surface area (Å²) in [5.41, 5.74) is 11.5. The van der Waals surface area contributed by atoms with Crippen molar-refractivity contribution in [3.8, 4) is 0 Å². The quantitative estimate of drug-likeness (QED) is 0.715. The van der Waals surface area contributed by atoms with E-state index in [-0.39, 0.29) is 5.95 Å². The van der Waals surface area contributed by atoms with Crippen molar-refractivity contribution in [3.63, 3.8) is 0 Å². The largest absolute Gasteiger partial charge is 0.383 e. The Labute approximate surface area is 82.3 Å². The zero-order valence-electron chi connectivity index (χ0n) is 6.53. The average molecular weight is 240 g/mol.